The minimum Gasteiger partial charge on any atom is -0.458 e. The summed E-state index contributed by atoms with van der Waals surface area (Å²) in [7, 11) is 1.03. The number of sulfone groups is 1. The van der Waals surface area contributed by atoms with Crippen LogP contribution in [0.3, 0.4) is 0 Å². The molecule has 3 aliphatic heterocycles. The zero-order chi connectivity index (χ0) is 36.0. The number of cyclic esters (lactones) is 1. The van der Waals surface area contributed by atoms with Crippen LogP contribution in [0.15, 0.2) is 0 Å². The van der Waals surface area contributed by atoms with Crippen LogP contribution < -0.4 is 0 Å². The molecule has 0 aromatic rings. The van der Waals surface area contributed by atoms with Crippen molar-refractivity contribution in [1.82, 2.24) is 4.90 Å². The summed E-state index contributed by atoms with van der Waals surface area (Å²) in [5.41, 5.74) is -3.02. The van der Waals surface area contributed by atoms with Crippen molar-refractivity contribution < 1.29 is 56.4 Å². The Morgan fingerprint density at radius 3 is 2.09 bits per heavy atom. The number of fused-ring (bicyclic) bond motifs is 1. The highest BCUT2D eigenvalue weighted by atomic mass is 32.2. The van der Waals surface area contributed by atoms with Gasteiger partial charge >= 0.3 is 11.9 Å². The molecule has 0 aliphatic carbocycles. The largest absolute Gasteiger partial charge is 0.458 e. The first-order valence-electron chi connectivity index (χ1n) is 16.5. The van der Waals surface area contributed by atoms with Crippen LogP contribution >= 0.6 is 0 Å². The highest BCUT2D eigenvalue weighted by Crippen LogP contribution is 2.47. The number of aliphatic hydroxyl groups excluding tert-OH is 1. The Kier molecular flexibility index (Phi) is 12.2. The Hall–Kier alpha value is -1.97. The van der Waals surface area contributed by atoms with E-state index in [9.17, 15) is 32.7 Å². The third kappa shape index (κ3) is 7.62. The number of carbonyl (C=O) groups is 4. The number of likely N-dealkylation sites (N-methyl/N-ethyl adjacent to an activating group) is 1. The third-order valence-electron chi connectivity index (χ3n) is 10.8. The molecular weight excluding hydrogens is 634 g/mol. The third-order valence-corrected chi connectivity index (χ3v) is 12.2. The Balaban J connectivity index is 2.18. The molecule has 2 unspecified atom stereocenters. The minimum absolute atomic E-state index is 0.0161. The molecule has 3 rings (SSSR count). The summed E-state index contributed by atoms with van der Waals surface area (Å²) < 4.78 is 56.2. The van der Waals surface area contributed by atoms with Gasteiger partial charge in [0.25, 0.3) is 0 Å². The lowest BCUT2D eigenvalue weighted by atomic mass is 9.70. The molecule has 270 valence electrons. The van der Waals surface area contributed by atoms with Crippen molar-refractivity contribution in [3.8, 4) is 0 Å². The van der Waals surface area contributed by atoms with Crippen LogP contribution in [-0.4, -0.2) is 123 Å². The van der Waals surface area contributed by atoms with Gasteiger partial charge in [-0.1, -0.05) is 27.7 Å². The number of aliphatic hydroxyl groups is 1. The summed E-state index contributed by atoms with van der Waals surface area (Å²) in [5, 5.41) is 9.62. The second kappa shape index (κ2) is 14.5. The second-order valence-electron chi connectivity index (χ2n) is 14.6. The van der Waals surface area contributed by atoms with Crippen molar-refractivity contribution in [2.45, 2.75) is 128 Å². The quantitative estimate of drug-likeness (QED) is 0.317. The highest BCUT2D eigenvalue weighted by molar-refractivity contribution is 7.92. The number of ether oxygens (including phenoxy) is 5. The fourth-order valence-electron chi connectivity index (χ4n) is 8.02. The number of ketones is 2. The molecule has 14 heteroatoms. The Bertz CT molecular complexity index is 1300. The van der Waals surface area contributed by atoms with Crippen molar-refractivity contribution in [2.75, 3.05) is 27.5 Å². The van der Waals surface area contributed by atoms with E-state index in [4.69, 9.17) is 23.7 Å². The van der Waals surface area contributed by atoms with E-state index < -0.39 is 98.2 Å². The van der Waals surface area contributed by atoms with Gasteiger partial charge in [-0.05, 0) is 61.1 Å². The first-order chi connectivity index (χ1) is 21.5. The van der Waals surface area contributed by atoms with Crippen molar-refractivity contribution >= 4 is 33.3 Å². The molecule has 0 bridgehead atoms. The predicted octanol–water partition coefficient (Wildman–Crippen LogP) is 1.96. The van der Waals surface area contributed by atoms with Gasteiger partial charge in [0, 0.05) is 43.1 Å². The van der Waals surface area contributed by atoms with Gasteiger partial charge in [0.05, 0.1) is 17.8 Å². The zero-order valence-corrected chi connectivity index (χ0v) is 30.7. The summed E-state index contributed by atoms with van der Waals surface area (Å²) in [6, 6.07) is -0.309. The van der Waals surface area contributed by atoms with E-state index in [0.717, 1.165) is 6.26 Å². The number of carbonyl (C=O) groups excluding carboxylic acids is 4. The van der Waals surface area contributed by atoms with Crippen molar-refractivity contribution in [1.29, 1.82) is 0 Å². The summed E-state index contributed by atoms with van der Waals surface area (Å²) >= 11 is 0. The molecule has 47 heavy (non-hydrogen) atoms. The van der Waals surface area contributed by atoms with E-state index in [-0.39, 0.29) is 30.8 Å². The summed E-state index contributed by atoms with van der Waals surface area (Å²) in [5.74, 6) is -8.13. The standard InChI is InChI=1S/C33H55NO12S/c1-13-22-33(8)23(27(30(39)46-33)47(12,40)41)18(4)24(35)16(2)15-32(7,42-11)28(19(5)25(36)20(6)29(38)44-22)45-31-26(37)21(34(9)10)14-17(3)43-31/h16-23,26-28,31,37H,13-15H2,1-12H3/t16-,17-,18-,19+,20-,21+,22-,23?,26-,27?,28-,31+,32-,33-/m1/s1. The van der Waals surface area contributed by atoms with Gasteiger partial charge in [-0.3, -0.25) is 19.2 Å². The molecule has 3 saturated heterocycles. The SMILES string of the molecule is CC[C@H]1OC(=O)[C@H](C)C(=O)[C@H](C)[C@@H](O[C@@H]2O[C@H](C)C[C@H](N(C)C)[C@H]2O)[C@](C)(OC)C[C@@H](C)C(=O)[C@H](C)C2C(S(C)(=O)=O)C(=O)O[C@@]21C. The van der Waals surface area contributed by atoms with E-state index in [1.165, 1.54) is 21.0 Å². The van der Waals surface area contributed by atoms with Gasteiger partial charge in [-0.15, -0.1) is 0 Å². The molecule has 0 aromatic carbocycles. The Morgan fingerprint density at radius 1 is 0.979 bits per heavy atom. The molecule has 14 atom stereocenters. The van der Waals surface area contributed by atoms with E-state index in [2.05, 4.69) is 0 Å². The molecule has 0 aromatic heterocycles. The van der Waals surface area contributed by atoms with Gasteiger partial charge in [-0.25, -0.2) is 8.42 Å². The summed E-state index contributed by atoms with van der Waals surface area (Å²) in [4.78, 5) is 57.0. The first-order valence-corrected chi connectivity index (χ1v) is 18.4. The lowest BCUT2D eigenvalue weighted by Crippen LogP contribution is -2.59. The molecule has 0 radical (unpaired) electrons. The lowest BCUT2D eigenvalue weighted by molar-refractivity contribution is -0.295. The number of nitrogens with zero attached hydrogens (tertiary/aromatic N) is 1. The highest BCUT2D eigenvalue weighted by Gasteiger charge is 2.64. The molecule has 0 saturated carbocycles. The first kappa shape index (κ1) is 39.5. The van der Waals surface area contributed by atoms with Gasteiger partial charge in [0.1, 0.15) is 23.9 Å². The topological polar surface area (TPSA) is 172 Å². The summed E-state index contributed by atoms with van der Waals surface area (Å²) in [6.45, 7) is 12.9. The molecule has 1 N–H and O–H groups in total. The fraction of sp³-hybridized carbons (Fsp3) is 0.879. The van der Waals surface area contributed by atoms with Crippen LogP contribution in [0.4, 0.5) is 0 Å². The lowest BCUT2D eigenvalue weighted by Gasteiger charge is -2.47. The maximum Gasteiger partial charge on any atom is 0.325 e. The van der Waals surface area contributed by atoms with Gasteiger partial charge in [0.15, 0.2) is 32.8 Å². The summed E-state index contributed by atoms with van der Waals surface area (Å²) in [6.07, 6.45) is -3.20. The molecule has 0 spiro atoms. The van der Waals surface area contributed by atoms with Crippen molar-refractivity contribution in [2.24, 2.45) is 29.6 Å². The van der Waals surface area contributed by atoms with Gasteiger partial charge < -0.3 is 33.7 Å². The number of methoxy groups -OCH3 is 1. The van der Waals surface area contributed by atoms with Gasteiger partial charge in [0.2, 0.25) is 0 Å². The number of Topliss-reactive ketones (excluding diaryl/α,β-unsaturated/α-hetero) is 2. The van der Waals surface area contributed by atoms with Crippen molar-refractivity contribution in [3.05, 3.63) is 0 Å². The normalized spacial score (nSPS) is 44.5. The number of hydrogen-bond acceptors (Lipinski definition) is 13. The van der Waals surface area contributed by atoms with Crippen LogP contribution in [0.2, 0.25) is 0 Å². The maximum absolute atomic E-state index is 14.2. The van der Waals surface area contributed by atoms with Crippen LogP contribution in [0, 0.1) is 29.6 Å². The number of rotatable bonds is 6. The average Bonchev–Trinajstić information content (AvgIpc) is 3.27. The number of hydrogen-bond donors (Lipinski definition) is 1. The van der Waals surface area contributed by atoms with Crippen LogP contribution in [0.25, 0.3) is 0 Å². The fourth-order valence-corrected chi connectivity index (χ4v) is 9.45. The van der Waals surface area contributed by atoms with E-state index in [1.54, 1.807) is 34.6 Å². The van der Waals surface area contributed by atoms with Crippen LogP contribution in [0.1, 0.15) is 74.7 Å². The van der Waals surface area contributed by atoms with Crippen LogP contribution in [0.5, 0.6) is 0 Å². The predicted molar refractivity (Wildman–Crippen MR) is 171 cm³/mol. The Morgan fingerprint density at radius 2 is 1.57 bits per heavy atom. The van der Waals surface area contributed by atoms with Crippen LogP contribution in [-0.2, 0) is 52.7 Å². The maximum atomic E-state index is 14.2. The minimum atomic E-state index is -4.06. The zero-order valence-electron chi connectivity index (χ0n) is 29.8. The van der Waals surface area contributed by atoms with Gasteiger partial charge in [-0.2, -0.15) is 0 Å². The average molecular weight is 690 g/mol. The van der Waals surface area contributed by atoms with E-state index in [1.807, 2.05) is 25.9 Å². The Labute approximate surface area is 279 Å². The molecule has 3 aliphatic rings. The number of esters is 2. The molecule has 3 heterocycles. The smallest absolute Gasteiger partial charge is 0.325 e. The molecule has 13 nitrogen and oxygen atoms in total. The monoisotopic (exact) mass is 689 g/mol. The molecule has 0 amide bonds. The molecule has 3 fully saturated rings. The second-order valence-corrected chi connectivity index (χ2v) is 16.7. The van der Waals surface area contributed by atoms with Crippen molar-refractivity contribution in [3.63, 3.8) is 0 Å². The van der Waals surface area contributed by atoms with E-state index in [0.29, 0.717) is 6.42 Å². The molecular formula is C33H55NO12S. The van der Waals surface area contributed by atoms with E-state index >= 15 is 0 Å².